The van der Waals surface area contributed by atoms with Crippen LogP contribution in [0.15, 0.2) is 58.6 Å². The van der Waals surface area contributed by atoms with Gasteiger partial charge >= 0.3 is 12.0 Å². The summed E-state index contributed by atoms with van der Waals surface area (Å²) in [4.78, 5) is 24.8. The molecule has 1 aliphatic rings. The fraction of sp³-hybridized carbons (Fsp3) is 0.238. The first-order valence-corrected chi connectivity index (χ1v) is 11.0. The van der Waals surface area contributed by atoms with E-state index in [0.717, 1.165) is 7.11 Å². The summed E-state index contributed by atoms with van der Waals surface area (Å²) in [5, 5.41) is 14.5. The Balaban J connectivity index is 2.08. The molecule has 11 heteroatoms. The topological polar surface area (TPSA) is 140 Å². The van der Waals surface area contributed by atoms with Crippen molar-refractivity contribution >= 4 is 21.8 Å². The molecule has 2 aromatic rings. The van der Waals surface area contributed by atoms with E-state index in [1.807, 2.05) is 0 Å². The van der Waals surface area contributed by atoms with Crippen LogP contribution in [-0.2, 0) is 19.4 Å². The number of carbonyl (C=O) groups is 2. The van der Waals surface area contributed by atoms with Gasteiger partial charge in [0.15, 0.2) is 21.3 Å². The number of rotatable bonds is 7. The van der Waals surface area contributed by atoms with Gasteiger partial charge in [0.1, 0.15) is 5.75 Å². The maximum atomic E-state index is 13.1. The van der Waals surface area contributed by atoms with Crippen LogP contribution in [-0.4, -0.2) is 52.6 Å². The van der Waals surface area contributed by atoms with Crippen LogP contribution in [0, 0.1) is 0 Å². The summed E-state index contributed by atoms with van der Waals surface area (Å²) in [6, 6.07) is 8.21. The third kappa shape index (κ3) is 4.62. The standard InChI is InChI=1S/C21H22N2O8S/c1-29-16-9-8-14(10-17(16)30-2)32(27,28)11-15-18(20(25)31-3)19(23-21(26)22-15)12-4-6-13(24)7-5-12/h4-10,19,24H,11H2,1-3H3,(H2,22,23,26)/t19-/m1/s1. The number of phenols is 1. The third-order valence-corrected chi connectivity index (χ3v) is 6.47. The molecule has 0 saturated carbocycles. The van der Waals surface area contributed by atoms with Gasteiger partial charge in [0.05, 0.1) is 43.6 Å². The van der Waals surface area contributed by atoms with Crippen molar-refractivity contribution in [2.75, 3.05) is 27.1 Å². The summed E-state index contributed by atoms with van der Waals surface area (Å²) in [5.74, 6) is -0.924. The second-order valence-electron chi connectivity index (χ2n) is 6.78. The highest BCUT2D eigenvalue weighted by Crippen LogP contribution is 2.32. The summed E-state index contributed by atoms with van der Waals surface area (Å²) in [6.07, 6.45) is 0. The molecule has 3 rings (SSSR count). The van der Waals surface area contributed by atoms with Crippen LogP contribution in [0.25, 0.3) is 0 Å². The molecule has 170 valence electrons. The largest absolute Gasteiger partial charge is 0.508 e. The molecule has 0 spiro atoms. The molecule has 0 bridgehead atoms. The van der Waals surface area contributed by atoms with Gasteiger partial charge in [-0.3, -0.25) is 0 Å². The molecule has 1 heterocycles. The average molecular weight is 462 g/mol. The van der Waals surface area contributed by atoms with E-state index in [2.05, 4.69) is 10.6 Å². The zero-order valence-corrected chi connectivity index (χ0v) is 18.4. The van der Waals surface area contributed by atoms with Gasteiger partial charge in [0.25, 0.3) is 0 Å². The van der Waals surface area contributed by atoms with Gasteiger partial charge in [0, 0.05) is 11.8 Å². The van der Waals surface area contributed by atoms with Crippen molar-refractivity contribution in [2.45, 2.75) is 10.9 Å². The van der Waals surface area contributed by atoms with Crippen LogP contribution < -0.4 is 20.1 Å². The number of ether oxygens (including phenoxy) is 3. The number of phenolic OH excluding ortho intramolecular Hbond substituents is 1. The number of urea groups is 1. The molecular weight excluding hydrogens is 440 g/mol. The second-order valence-corrected chi connectivity index (χ2v) is 8.77. The lowest BCUT2D eigenvalue weighted by atomic mass is 9.95. The fourth-order valence-electron chi connectivity index (χ4n) is 3.28. The van der Waals surface area contributed by atoms with Crippen molar-refractivity contribution in [3.63, 3.8) is 0 Å². The highest BCUT2D eigenvalue weighted by molar-refractivity contribution is 7.91. The maximum absolute atomic E-state index is 13.1. The molecule has 0 unspecified atom stereocenters. The molecule has 0 fully saturated rings. The molecule has 0 radical (unpaired) electrons. The van der Waals surface area contributed by atoms with E-state index in [1.165, 1.54) is 56.7 Å². The molecular formula is C21H22N2O8S. The molecule has 2 aromatic carbocycles. The van der Waals surface area contributed by atoms with E-state index in [1.54, 1.807) is 0 Å². The highest BCUT2D eigenvalue weighted by Gasteiger charge is 2.35. The lowest BCUT2D eigenvalue weighted by molar-refractivity contribution is -0.136. The van der Waals surface area contributed by atoms with Gasteiger partial charge in [0.2, 0.25) is 0 Å². The summed E-state index contributed by atoms with van der Waals surface area (Å²) >= 11 is 0. The summed E-state index contributed by atoms with van der Waals surface area (Å²) in [5.41, 5.74) is 0.273. The molecule has 1 aliphatic heterocycles. The first kappa shape index (κ1) is 22.9. The Morgan fingerprint density at radius 1 is 1.03 bits per heavy atom. The molecule has 3 N–H and O–H groups in total. The van der Waals surface area contributed by atoms with Gasteiger partial charge in [-0.25, -0.2) is 18.0 Å². The Morgan fingerprint density at radius 3 is 2.28 bits per heavy atom. The zero-order valence-electron chi connectivity index (χ0n) is 17.5. The number of methoxy groups -OCH3 is 3. The number of benzene rings is 2. The summed E-state index contributed by atoms with van der Waals surface area (Å²) in [7, 11) is -0.0582. The smallest absolute Gasteiger partial charge is 0.338 e. The van der Waals surface area contributed by atoms with Crippen molar-refractivity contribution in [3.05, 3.63) is 59.3 Å². The van der Waals surface area contributed by atoms with Crippen LogP contribution in [0.2, 0.25) is 0 Å². The number of amides is 2. The zero-order chi connectivity index (χ0) is 23.5. The maximum Gasteiger partial charge on any atom is 0.338 e. The normalized spacial score (nSPS) is 16.1. The van der Waals surface area contributed by atoms with E-state index < -0.39 is 33.6 Å². The predicted octanol–water partition coefficient (Wildman–Crippen LogP) is 1.66. The number of sulfone groups is 1. The van der Waals surface area contributed by atoms with Crippen molar-refractivity contribution in [2.24, 2.45) is 0 Å². The van der Waals surface area contributed by atoms with Gasteiger partial charge < -0.3 is 30.0 Å². The van der Waals surface area contributed by atoms with Crippen LogP contribution in [0.3, 0.4) is 0 Å². The SMILES string of the molecule is COC(=O)C1=C(CS(=O)(=O)c2ccc(OC)c(OC)c2)NC(=O)N[C@@H]1c1ccc(O)cc1. The molecule has 32 heavy (non-hydrogen) atoms. The molecule has 1 atom stereocenters. The van der Waals surface area contributed by atoms with Crippen molar-refractivity contribution in [1.82, 2.24) is 10.6 Å². The molecule has 0 aromatic heterocycles. The Bertz CT molecular complexity index is 1170. The number of esters is 1. The van der Waals surface area contributed by atoms with E-state index in [-0.39, 0.29) is 27.7 Å². The number of hydrogen-bond acceptors (Lipinski definition) is 8. The Morgan fingerprint density at radius 2 is 1.69 bits per heavy atom. The number of hydrogen-bond donors (Lipinski definition) is 3. The minimum atomic E-state index is -4.01. The van der Waals surface area contributed by atoms with Crippen LogP contribution >= 0.6 is 0 Å². The van der Waals surface area contributed by atoms with E-state index >= 15 is 0 Å². The molecule has 0 saturated heterocycles. The minimum Gasteiger partial charge on any atom is -0.508 e. The first-order valence-electron chi connectivity index (χ1n) is 9.32. The Labute approximate surface area is 184 Å². The van der Waals surface area contributed by atoms with Gasteiger partial charge in [-0.05, 0) is 29.8 Å². The second kappa shape index (κ2) is 9.18. The molecule has 10 nitrogen and oxygen atoms in total. The number of carbonyl (C=O) groups excluding carboxylic acids is 2. The van der Waals surface area contributed by atoms with Crippen molar-refractivity contribution in [1.29, 1.82) is 0 Å². The Kier molecular flexibility index (Phi) is 6.58. The highest BCUT2D eigenvalue weighted by atomic mass is 32.2. The number of nitrogens with one attached hydrogen (secondary N) is 2. The van der Waals surface area contributed by atoms with Gasteiger partial charge in [-0.1, -0.05) is 12.1 Å². The molecule has 0 aliphatic carbocycles. The molecule has 2 amide bonds. The van der Waals surface area contributed by atoms with E-state index in [0.29, 0.717) is 11.3 Å². The van der Waals surface area contributed by atoms with Crippen molar-refractivity contribution in [3.8, 4) is 17.2 Å². The Hall–Kier alpha value is -3.73. The first-order chi connectivity index (χ1) is 15.2. The van der Waals surface area contributed by atoms with Crippen LogP contribution in [0.5, 0.6) is 17.2 Å². The monoisotopic (exact) mass is 462 g/mol. The van der Waals surface area contributed by atoms with Crippen LogP contribution in [0.4, 0.5) is 4.79 Å². The third-order valence-electron chi connectivity index (χ3n) is 4.83. The lowest BCUT2D eigenvalue weighted by Gasteiger charge is -2.29. The van der Waals surface area contributed by atoms with Gasteiger partial charge in [-0.2, -0.15) is 0 Å². The quantitative estimate of drug-likeness (QED) is 0.528. The average Bonchev–Trinajstić information content (AvgIpc) is 2.77. The van der Waals surface area contributed by atoms with E-state index in [4.69, 9.17) is 14.2 Å². The lowest BCUT2D eigenvalue weighted by Crippen LogP contribution is -2.47. The summed E-state index contributed by atoms with van der Waals surface area (Å²) in [6.45, 7) is 0. The summed E-state index contributed by atoms with van der Waals surface area (Å²) < 4.78 is 41.4. The van der Waals surface area contributed by atoms with E-state index in [9.17, 15) is 23.1 Å². The minimum absolute atomic E-state index is 0.00568. The van der Waals surface area contributed by atoms with Gasteiger partial charge in [-0.15, -0.1) is 0 Å². The van der Waals surface area contributed by atoms with Crippen LogP contribution in [0.1, 0.15) is 11.6 Å². The number of aromatic hydroxyl groups is 1. The van der Waals surface area contributed by atoms with Crippen molar-refractivity contribution < 1.29 is 37.3 Å². The predicted molar refractivity (Wildman–Crippen MR) is 113 cm³/mol. The fourth-order valence-corrected chi connectivity index (χ4v) is 4.62.